The Hall–Kier alpha value is -3.04. The van der Waals surface area contributed by atoms with Crippen molar-refractivity contribution in [2.45, 2.75) is 22.9 Å². The van der Waals surface area contributed by atoms with Crippen LogP contribution in [0.2, 0.25) is 5.02 Å². The number of carbonyl (C=O) groups is 1. The van der Waals surface area contributed by atoms with Crippen LogP contribution in [0, 0.1) is 0 Å². The van der Waals surface area contributed by atoms with Gasteiger partial charge in [0.05, 0.1) is 40.8 Å². The third kappa shape index (κ3) is 4.44. The van der Waals surface area contributed by atoms with Gasteiger partial charge in [-0.1, -0.05) is 41.9 Å². The maximum absolute atomic E-state index is 12.9. The molecule has 0 radical (unpaired) electrons. The fourth-order valence-corrected chi connectivity index (χ4v) is 4.30. The van der Waals surface area contributed by atoms with Crippen LogP contribution in [0.5, 0.6) is 0 Å². The van der Waals surface area contributed by atoms with Crippen molar-refractivity contribution < 1.29 is 22.7 Å². The lowest BCUT2D eigenvalue weighted by molar-refractivity contribution is -0.137. The van der Waals surface area contributed by atoms with Crippen LogP contribution < -0.4 is 0 Å². The lowest BCUT2D eigenvalue weighted by Crippen LogP contribution is -2.10. The predicted molar refractivity (Wildman–Crippen MR) is 115 cm³/mol. The van der Waals surface area contributed by atoms with Gasteiger partial charge in [-0.05, 0) is 41.6 Å². The van der Waals surface area contributed by atoms with Crippen LogP contribution in [-0.2, 0) is 17.5 Å². The maximum atomic E-state index is 12.9. The summed E-state index contributed by atoms with van der Waals surface area (Å²) in [6.45, 7) is 0.284. The number of halogens is 4. The van der Waals surface area contributed by atoms with Crippen LogP contribution in [-0.4, -0.2) is 27.6 Å². The number of hydrogen-bond acceptors (Lipinski definition) is 5. The summed E-state index contributed by atoms with van der Waals surface area (Å²) in [6.07, 6.45) is -3.79. The second-order valence-corrected chi connectivity index (χ2v) is 8.09. The van der Waals surface area contributed by atoms with Crippen molar-refractivity contribution in [3.8, 4) is 0 Å². The molecule has 0 fully saturated rings. The minimum atomic E-state index is -4.54. The summed E-state index contributed by atoms with van der Waals surface area (Å²) in [5.74, 6) is -0.466. The number of fused-ring (bicyclic) bond motifs is 1. The molecule has 2 aromatic carbocycles. The fourth-order valence-electron chi connectivity index (χ4n) is 3.16. The first-order chi connectivity index (χ1) is 15.3. The number of rotatable bonds is 5. The van der Waals surface area contributed by atoms with E-state index in [1.54, 1.807) is 18.2 Å². The molecule has 0 spiro atoms. The molecule has 5 nitrogen and oxygen atoms in total. The molecule has 0 N–H and O–H groups in total. The van der Waals surface area contributed by atoms with Crippen molar-refractivity contribution >= 4 is 40.4 Å². The highest BCUT2D eigenvalue weighted by atomic mass is 35.5. The Morgan fingerprint density at radius 1 is 1.16 bits per heavy atom. The van der Waals surface area contributed by atoms with Gasteiger partial charge in [0.2, 0.25) is 0 Å². The average Bonchev–Trinajstić information content (AvgIpc) is 3.11. The SMILES string of the molecule is COC(=O)c1ccccc1Cn1c(Sc2ncc(C(F)(F)F)cc2Cl)nc2ccccc21. The van der Waals surface area contributed by atoms with Crippen LogP contribution in [0.1, 0.15) is 21.5 Å². The third-order valence-electron chi connectivity index (χ3n) is 4.69. The number of nitrogens with zero attached hydrogens (tertiary/aromatic N) is 3. The van der Waals surface area contributed by atoms with E-state index in [-0.39, 0.29) is 16.6 Å². The zero-order valence-corrected chi connectivity index (χ0v) is 18.1. The first-order valence-corrected chi connectivity index (χ1v) is 10.5. The monoisotopic (exact) mass is 477 g/mol. The summed E-state index contributed by atoms with van der Waals surface area (Å²) in [6, 6.07) is 15.2. The molecular weight excluding hydrogens is 463 g/mol. The Kier molecular flexibility index (Phi) is 6.12. The first-order valence-electron chi connectivity index (χ1n) is 9.30. The van der Waals surface area contributed by atoms with E-state index in [1.165, 1.54) is 7.11 Å². The Balaban J connectivity index is 1.77. The van der Waals surface area contributed by atoms with E-state index in [4.69, 9.17) is 16.3 Å². The second-order valence-electron chi connectivity index (χ2n) is 6.73. The molecule has 32 heavy (non-hydrogen) atoms. The molecule has 0 aliphatic rings. The minimum absolute atomic E-state index is 0.126. The van der Waals surface area contributed by atoms with Crippen molar-refractivity contribution in [1.82, 2.24) is 14.5 Å². The number of imidazole rings is 1. The lowest BCUT2D eigenvalue weighted by atomic mass is 10.1. The van der Waals surface area contributed by atoms with Crippen LogP contribution in [0.4, 0.5) is 13.2 Å². The molecule has 0 unspecified atom stereocenters. The van der Waals surface area contributed by atoms with Gasteiger partial charge in [-0.3, -0.25) is 0 Å². The Morgan fingerprint density at radius 2 is 1.88 bits per heavy atom. The molecule has 4 aromatic rings. The fraction of sp³-hybridized carbons (Fsp3) is 0.136. The number of methoxy groups -OCH3 is 1. The highest BCUT2D eigenvalue weighted by Crippen LogP contribution is 2.37. The van der Waals surface area contributed by atoms with Crippen molar-refractivity contribution in [2.75, 3.05) is 7.11 Å². The molecule has 0 aliphatic carbocycles. The van der Waals surface area contributed by atoms with Crippen molar-refractivity contribution in [3.63, 3.8) is 0 Å². The van der Waals surface area contributed by atoms with Crippen molar-refractivity contribution in [3.05, 3.63) is 82.5 Å². The molecule has 0 amide bonds. The Morgan fingerprint density at radius 3 is 2.59 bits per heavy atom. The summed E-state index contributed by atoms with van der Waals surface area (Å²) in [5.41, 5.74) is 1.67. The predicted octanol–water partition coefficient (Wildman–Crippen LogP) is 6.09. The molecule has 0 saturated heterocycles. The van der Waals surface area contributed by atoms with E-state index in [0.717, 1.165) is 29.5 Å². The summed E-state index contributed by atoms with van der Waals surface area (Å²) >= 11 is 7.15. The van der Waals surface area contributed by atoms with Crippen LogP contribution in [0.15, 0.2) is 71.0 Å². The summed E-state index contributed by atoms with van der Waals surface area (Å²) in [5, 5.41) is 0.538. The van der Waals surface area contributed by atoms with Gasteiger partial charge in [-0.25, -0.2) is 14.8 Å². The Labute approximate surface area is 190 Å². The van der Waals surface area contributed by atoms with Gasteiger partial charge in [-0.2, -0.15) is 13.2 Å². The third-order valence-corrected chi connectivity index (χ3v) is 6.11. The summed E-state index contributed by atoms with van der Waals surface area (Å²) in [7, 11) is 1.31. The molecule has 164 valence electrons. The quantitative estimate of drug-likeness (QED) is 0.325. The van der Waals surface area contributed by atoms with Gasteiger partial charge in [-0.15, -0.1) is 0 Å². The van der Waals surface area contributed by atoms with E-state index < -0.39 is 17.7 Å². The minimum Gasteiger partial charge on any atom is -0.465 e. The van der Waals surface area contributed by atoms with Gasteiger partial charge in [0, 0.05) is 6.20 Å². The van der Waals surface area contributed by atoms with E-state index in [0.29, 0.717) is 21.8 Å². The highest BCUT2D eigenvalue weighted by molar-refractivity contribution is 7.99. The van der Waals surface area contributed by atoms with E-state index in [2.05, 4.69) is 9.97 Å². The van der Waals surface area contributed by atoms with Gasteiger partial charge < -0.3 is 9.30 Å². The molecule has 10 heteroatoms. The molecule has 0 saturated carbocycles. The Bertz CT molecular complexity index is 1310. The van der Waals surface area contributed by atoms with E-state index >= 15 is 0 Å². The maximum Gasteiger partial charge on any atom is 0.417 e. The second kappa shape index (κ2) is 8.84. The van der Waals surface area contributed by atoms with Crippen LogP contribution >= 0.6 is 23.4 Å². The number of esters is 1. The number of carbonyl (C=O) groups excluding carboxylic acids is 1. The van der Waals surface area contributed by atoms with Crippen molar-refractivity contribution in [2.24, 2.45) is 0 Å². The van der Waals surface area contributed by atoms with Crippen LogP contribution in [0.3, 0.4) is 0 Å². The van der Waals surface area contributed by atoms with E-state index in [1.807, 2.05) is 34.9 Å². The number of ether oxygens (including phenoxy) is 1. The number of alkyl halides is 3. The lowest BCUT2D eigenvalue weighted by Gasteiger charge is -2.13. The summed E-state index contributed by atoms with van der Waals surface area (Å²) < 4.78 is 45.6. The number of pyridine rings is 1. The molecule has 0 bridgehead atoms. The zero-order valence-electron chi connectivity index (χ0n) is 16.6. The topological polar surface area (TPSA) is 57.0 Å². The molecule has 0 atom stereocenters. The molecule has 2 aromatic heterocycles. The highest BCUT2D eigenvalue weighted by Gasteiger charge is 2.32. The number of para-hydroxylation sites is 2. The largest absolute Gasteiger partial charge is 0.465 e. The standard InChI is InChI=1S/C22H15ClF3N3O2S/c1-31-20(30)15-7-3-2-6-13(15)12-29-18-9-5-4-8-17(18)28-21(29)32-19-16(23)10-14(11-27-19)22(24,25)26/h2-11H,12H2,1H3. The summed E-state index contributed by atoms with van der Waals surface area (Å²) in [4.78, 5) is 20.7. The zero-order chi connectivity index (χ0) is 22.9. The normalized spacial score (nSPS) is 11.7. The van der Waals surface area contributed by atoms with E-state index in [9.17, 15) is 18.0 Å². The van der Waals surface area contributed by atoms with Gasteiger partial charge in [0.25, 0.3) is 0 Å². The van der Waals surface area contributed by atoms with Crippen LogP contribution in [0.25, 0.3) is 11.0 Å². The number of aromatic nitrogens is 3. The molecule has 4 rings (SSSR count). The molecular formula is C22H15ClF3N3O2S. The first kappa shape index (κ1) is 22.2. The van der Waals surface area contributed by atoms with Gasteiger partial charge in [0.1, 0.15) is 5.03 Å². The number of benzene rings is 2. The van der Waals surface area contributed by atoms with Gasteiger partial charge in [0.15, 0.2) is 5.16 Å². The average molecular weight is 478 g/mol. The smallest absolute Gasteiger partial charge is 0.417 e. The number of hydrogen-bond donors (Lipinski definition) is 0. The van der Waals surface area contributed by atoms with Gasteiger partial charge >= 0.3 is 12.1 Å². The molecule has 0 aliphatic heterocycles. The van der Waals surface area contributed by atoms with Crippen molar-refractivity contribution in [1.29, 1.82) is 0 Å². The molecule has 2 heterocycles.